The molecule has 0 saturated carbocycles. The third kappa shape index (κ3) is 26.6. The fourth-order valence-electron chi connectivity index (χ4n) is 17.3. The van der Waals surface area contributed by atoms with E-state index in [-0.39, 0.29) is 7.13 Å². The Hall–Kier alpha value is -15.7. The first-order valence-corrected chi connectivity index (χ1v) is 54.5. The van der Waals surface area contributed by atoms with Crippen LogP contribution in [0.15, 0.2) is 272 Å². The Morgan fingerprint density at radius 3 is 0.799 bits per heavy atom. The summed E-state index contributed by atoms with van der Waals surface area (Å²) in [6, 6.07) is 55.0. The maximum atomic E-state index is 5.67. The Kier molecular flexibility index (Phi) is 35.3. The van der Waals surface area contributed by atoms with Crippen molar-refractivity contribution >= 4 is 128 Å². The molecule has 0 bridgehead atoms. The maximum absolute atomic E-state index is 5.67. The molecular weight excluding hydrogens is 1950 g/mol. The Bertz CT molecular complexity index is 7620. The third-order valence-corrected chi connectivity index (χ3v) is 29.2. The van der Waals surface area contributed by atoms with E-state index in [1.165, 1.54) is 50.4 Å². The molecule has 0 radical (unpaired) electrons. The van der Waals surface area contributed by atoms with Crippen LogP contribution in [0.3, 0.4) is 0 Å². The number of thiazole rings is 5. The quantitative estimate of drug-likeness (QED) is 0.0256. The van der Waals surface area contributed by atoms with E-state index in [9.17, 15) is 0 Å². The van der Waals surface area contributed by atoms with E-state index >= 15 is 0 Å². The zero-order valence-corrected chi connectivity index (χ0v) is 92.5. The zero-order chi connectivity index (χ0) is 105. The number of anilines is 13. The van der Waals surface area contributed by atoms with E-state index < -0.39 is 0 Å². The van der Waals surface area contributed by atoms with E-state index in [0.29, 0.717) is 13.2 Å². The number of rotatable bonds is 33. The molecule has 20 rings (SSSR count). The monoisotopic (exact) mass is 2090 g/mol. The molecule has 0 atom stereocenters. The van der Waals surface area contributed by atoms with Crippen molar-refractivity contribution in [2.75, 3.05) is 93.8 Å². The van der Waals surface area contributed by atoms with Crippen LogP contribution in [0, 0.1) is 90.0 Å². The van der Waals surface area contributed by atoms with Crippen molar-refractivity contribution in [1.82, 2.24) is 82.6 Å². The lowest BCUT2D eigenvalue weighted by Gasteiger charge is -2.24. The summed E-state index contributed by atoms with van der Waals surface area (Å²) in [5.41, 5.74) is 37.5. The number of aryl methyl sites for hydroxylation is 13. The fourth-order valence-corrected chi connectivity index (χ4v) is 20.9. The molecule has 5 N–H and O–H groups in total. The summed E-state index contributed by atoms with van der Waals surface area (Å²) in [7, 11) is 0. The first-order chi connectivity index (χ1) is 72.2. The normalized spacial score (nSPS) is 10.9. The van der Waals surface area contributed by atoms with Gasteiger partial charge >= 0.3 is 0 Å². The van der Waals surface area contributed by atoms with Gasteiger partial charge in [0.2, 0.25) is 0 Å². The van der Waals surface area contributed by atoms with Crippen molar-refractivity contribution in [3.8, 4) is 96.5 Å². The highest BCUT2D eigenvalue weighted by Gasteiger charge is 2.21. The standard InChI is InChI=1S/C25H29N5S.C24H28N6S.C24H27N5S.C22H23N5OS.C22H22N4OS.5H2/c1-6-29(7-2)24-13-22(17(3)12-18(24)4)27-25-28-23(15-31-25)20-8-10-21(11-9-20)30-14-19(5)26-16-30;1-6-29(7-2)22-11-20(16(3)10-17(22)4)27-24-28-21(14-31-24)19-8-9-23(25-12-19)30-13-18(5)26-15-30;1-5-28(6-2)23-14-21(17(3)13-18(23)4)26-24-27-22(15-30-24)19-7-9-20(10-8-19)29-12-11-25-16-29;1-5-28-20-9-14(2)18(8-15(20)3)25-22-26-19(12-29-22)17-6-7-21(23-10-17)27-11-16(4)24-13-27;1-4-27-21-12-15(2)19(11-16(21)3)24-22-25-20(13-28-22)17-5-7-18(8-6-17)26-10-9-23-14-26;;;;;/h8-16H,6-7H2,1-5H3,(H,27,28);8-15H,6-7H2,1-5H3,(H,27,28);7-16H,5-6H2,1-4H3,(H,26,27);6-13H,5H2,1-4H3,(H,25,26);5-14H,4H2,1-3H3,(H,24,25);5*1H. The molecule has 20 aromatic rings. The van der Waals surface area contributed by atoms with Gasteiger partial charge in [-0.2, -0.15) is 0 Å². The molecule has 149 heavy (non-hydrogen) atoms. The van der Waals surface area contributed by atoms with E-state index in [1.54, 1.807) is 94.4 Å². The van der Waals surface area contributed by atoms with Crippen LogP contribution in [0.25, 0.3) is 85.0 Å². The number of nitrogens with zero attached hydrogens (tertiary/aromatic N) is 20. The van der Waals surface area contributed by atoms with Crippen LogP contribution >= 0.6 is 56.7 Å². The first-order valence-electron chi connectivity index (χ1n) is 50.2. The average Bonchev–Trinajstić information content (AvgIpc) is 1.42. The number of ether oxygens (including phenoxy) is 2. The average molecular weight is 2090 g/mol. The third-order valence-electron chi connectivity index (χ3n) is 25.5. The second kappa shape index (κ2) is 49.6. The summed E-state index contributed by atoms with van der Waals surface area (Å²) >= 11 is 8.04. The summed E-state index contributed by atoms with van der Waals surface area (Å²) in [5, 5.41) is 32.3. The van der Waals surface area contributed by atoms with Gasteiger partial charge in [-0.1, -0.05) is 54.6 Å². The lowest BCUT2D eigenvalue weighted by molar-refractivity contribution is 0.337. The van der Waals surface area contributed by atoms with Crippen molar-refractivity contribution in [2.24, 2.45) is 0 Å². The van der Waals surface area contributed by atoms with Crippen LogP contribution in [0.1, 0.15) is 135 Å². The van der Waals surface area contributed by atoms with Crippen molar-refractivity contribution in [3.05, 3.63) is 345 Å². The molecule has 27 nitrogen and oxygen atoms in total. The number of nitrogens with one attached hydrogen (secondary N) is 5. The van der Waals surface area contributed by atoms with Gasteiger partial charge in [-0.25, -0.2) is 59.8 Å². The first kappa shape index (κ1) is 106. The summed E-state index contributed by atoms with van der Waals surface area (Å²) < 4.78 is 21.2. The van der Waals surface area contributed by atoms with Crippen molar-refractivity contribution < 1.29 is 16.6 Å². The fraction of sp³-hybridized carbons (Fsp3) is 0.248. The van der Waals surface area contributed by atoms with Gasteiger partial charge in [0.05, 0.1) is 77.7 Å². The highest BCUT2D eigenvalue weighted by molar-refractivity contribution is 7.15. The molecule has 0 saturated heterocycles. The molecule has 0 aliphatic heterocycles. The number of benzene rings is 8. The number of imidazole rings is 5. The topological polar surface area (TPSA) is 268 Å². The van der Waals surface area contributed by atoms with Crippen molar-refractivity contribution in [1.29, 1.82) is 0 Å². The summed E-state index contributed by atoms with van der Waals surface area (Å²) in [6.07, 6.45) is 26.0. The van der Waals surface area contributed by atoms with Gasteiger partial charge in [-0.3, -0.25) is 9.13 Å². The molecule has 32 heteroatoms. The van der Waals surface area contributed by atoms with Crippen LogP contribution in [-0.4, -0.2) is 135 Å². The Morgan fingerprint density at radius 1 is 0.275 bits per heavy atom. The lowest BCUT2D eigenvalue weighted by atomic mass is 10.1. The maximum Gasteiger partial charge on any atom is 0.187 e. The molecular formula is C117H139N25O2S5. The van der Waals surface area contributed by atoms with Gasteiger partial charge in [0.15, 0.2) is 25.7 Å². The summed E-state index contributed by atoms with van der Waals surface area (Å²) in [6.45, 7) is 51.6. The number of pyridine rings is 2. The number of aromatic nitrogens is 17. The second-order valence-corrected chi connectivity index (χ2v) is 40.4. The molecule has 0 spiro atoms. The van der Waals surface area contributed by atoms with Crippen LogP contribution in [-0.2, 0) is 0 Å². The van der Waals surface area contributed by atoms with E-state index in [1.807, 2.05) is 137 Å². The highest BCUT2D eigenvalue weighted by atomic mass is 32.1. The largest absolute Gasteiger partial charge is 0.494 e. The molecule has 12 aromatic heterocycles. The minimum atomic E-state index is 0. The van der Waals surface area contributed by atoms with E-state index in [0.717, 1.165) is 229 Å². The van der Waals surface area contributed by atoms with Gasteiger partial charge in [0.25, 0.3) is 0 Å². The molecule has 0 unspecified atom stereocenters. The number of hydrogen-bond acceptors (Lipinski definition) is 27. The van der Waals surface area contributed by atoms with E-state index in [4.69, 9.17) is 34.4 Å². The van der Waals surface area contributed by atoms with Crippen LogP contribution in [0.4, 0.5) is 71.2 Å². The molecule has 774 valence electrons. The predicted octanol–water partition coefficient (Wildman–Crippen LogP) is 31.1. The van der Waals surface area contributed by atoms with Crippen LogP contribution < -0.4 is 50.8 Å². The van der Waals surface area contributed by atoms with Crippen molar-refractivity contribution in [2.45, 2.75) is 145 Å². The van der Waals surface area contributed by atoms with Gasteiger partial charge < -0.3 is 64.5 Å². The van der Waals surface area contributed by atoms with Gasteiger partial charge in [0, 0.05) is 219 Å². The van der Waals surface area contributed by atoms with E-state index in [2.05, 4.69) is 342 Å². The van der Waals surface area contributed by atoms with Crippen LogP contribution in [0.5, 0.6) is 11.5 Å². The SMILES string of the molecule is CCN(CC)c1cc(Nc2nc(-c3ccc(-n4ccnc4)cc3)cs2)c(C)cc1C.CCN(CC)c1cc(Nc2nc(-c3ccc(-n4cnc(C)c4)cc3)cs2)c(C)cc1C.CCN(CC)c1cc(Nc2nc(-c3ccc(-n4cnc(C)c4)nc3)cs2)c(C)cc1C.CCOc1cc(C)c(Nc2nc(-c3ccc(-n4ccnc4)cc3)cs2)cc1C.CCOc1cc(C)c(Nc2nc(-c3ccc(-n4cnc(C)c4)nc3)cs2)cc1C.[HH].[HH].[HH].[HH].[HH]. The molecule has 0 fully saturated rings. The molecule has 0 aliphatic carbocycles. The van der Waals surface area contributed by atoms with Crippen molar-refractivity contribution in [3.63, 3.8) is 0 Å². The molecule has 0 amide bonds. The minimum Gasteiger partial charge on any atom is -0.494 e. The number of hydrogen-bond donors (Lipinski definition) is 5. The minimum absolute atomic E-state index is 0. The van der Waals surface area contributed by atoms with Gasteiger partial charge in [-0.05, 0) is 304 Å². The Morgan fingerprint density at radius 2 is 0.544 bits per heavy atom. The highest BCUT2D eigenvalue weighted by Crippen LogP contribution is 2.41. The smallest absolute Gasteiger partial charge is 0.187 e. The second-order valence-electron chi connectivity index (χ2n) is 36.1. The van der Waals surface area contributed by atoms with Gasteiger partial charge in [0.1, 0.15) is 35.8 Å². The summed E-state index contributed by atoms with van der Waals surface area (Å²) in [5.74, 6) is 3.54. The summed E-state index contributed by atoms with van der Waals surface area (Å²) in [4.78, 5) is 61.2. The lowest BCUT2D eigenvalue weighted by Crippen LogP contribution is -2.22. The Labute approximate surface area is 901 Å². The van der Waals surface area contributed by atoms with Crippen LogP contribution in [0.2, 0.25) is 0 Å². The van der Waals surface area contributed by atoms with Gasteiger partial charge in [-0.15, -0.1) is 56.7 Å². The molecule has 0 aliphatic rings. The predicted molar refractivity (Wildman–Crippen MR) is 633 cm³/mol. The zero-order valence-electron chi connectivity index (χ0n) is 88.4. The molecule has 8 aromatic carbocycles. The Balaban J connectivity index is 0.000000181. The molecule has 12 heterocycles.